The van der Waals surface area contributed by atoms with E-state index < -0.39 is 62.7 Å². The van der Waals surface area contributed by atoms with Gasteiger partial charge in [-0.2, -0.15) is 0 Å². The van der Waals surface area contributed by atoms with E-state index in [1.807, 2.05) is 9.80 Å². The number of piperazine rings is 2. The second-order valence-corrected chi connectivity index (χ2v) is 15.1. The fraction of sp³-hybridized carbons (Fsp3) is 0.302. The van der Waals surface area contributed by atoms with Gasteiger partial charge in [-0.1, -0.05) is 29.3 Å². The predicted molar refractivity (Wildman–Crippen MR) is 228 cm³/mol. The molecule has 0 aliphatic carbocycles. The largest absolute Gasteiger partial charge is 0.506 e. The first kappa shape index (κ1) is 42.8. The van der Waals surface area contributed by atoms with E-state index in [4.69, 9.17) is 32.7 Å². The molecule has 3 aromatic carbocycles. The van der Waals surface area contributed by atoms with Gasteiger partial charge in [0.1, 0.15) is 45.9 Å². The zero-order valence-corrected chi connectivity index (χ0v) is 34.7. The van der Waals surface area contributed by atoms with Crippen LogP contribution < -0.4 is 30.7 Å². The highest BCUT2D eigenvalue weighted by Crippen LogP contribution is 2.46. The Balaban J connectivity index is 1.36. The molecule has 2 aliphatic rings. The van der Waals surface area contributed by atoms with Crippen molar-refractivity contribution in [1.29, 1.82) is 0 Å². The summed E-state index contributed by atoms with van der Waals surface area (Å²) >= 11 is 13.5. The second kappa shape index (κ2) is 18.2. The van der Waals surface area contributed by atoms with E-state index in [0.29, 0.717) is 26.2 Å². The molecule has 0 spiro atoms. The standard InChI is InChI=1S/C43H42Cl2F2N6O8/c1-3-60-42(58)34-36(54)32(40(56)48-38(34)52-20-16-50(17-21-52)26-12-8-24(46)9-13-26)31(30-28(44)6-5-7-29(30)45)33-37(55)35(43(59)61-4-2)39(49-41(33)57)53-22-18-51(19-23-53)27-14-10-25(47)11-15-27/h5-15,31H,3-4,16-23H2,1-2H3,(H2,48,54,56)(H2,49,55,57). The number of aromatic amines is 2. The topological polar surface area (TPSA) is 172 Å². The quantitative estimate of drug-likeness (QED) is 0.110. The van der Waals surface area contributed by atoms with Gasteiger partial charge in [0.15, 0.2) is 0 Å². The van der Waals surface area contributed by atoms with Crippen LogP contribution in [0.25, 0.3) is 0 Å². The Morgan fingerprint density at radius 2 is 0.951 bits per heavy atom. The zero-order chi connectivity index (χ0) is 43.5. The fourth-order valence-corrected chi connectivity index (χ4v) is 8.50. The van der Waals surface area contributed by atoms with Crippen LogP contribution in [0.2, 0.25) is 10.0 Å². The molecule has 0 saturated carbocycles. The predicted octanol–water partition coefficient (Wildman–Crippen LogP) is 6.25. The van der Waals surface area contributed by atoms with Crippen LogP contribution in [-0.4, -0.2) is 97.7 Å². The normalized spacial score (nSPS) is 14.4. The van der Waals surface area contributed by atoms with Gasteiger partial charge in [-0.3, -0.25) is 9.59 Å². The lowest BCUT2D eigenvalue weighted by Crippen LogP contribution is -2.48. The van der Waals surface area contributed by atoms with E-state index in [-0.39, 0.29) is 78.3 Å². The summed E-state index contributed by atoms with van der Waals surface area (Å²) in [6.07, 6.45) is 0. The number of pyridine rings is 2. The third kappa shape index (κ3) is 8.55. The summed E-state index contributed by atoms with van der Waals surface area (Å²) in [5, 5.41) is 24.3. The first-order chi connectivity index (χ1) is 29.3. The summed E-state index contributed by atoms with van der Waals surface area (Å²) in [6, 6.07) is 16.3. The maximum Gasteiger partial charge on any atom is 0.345 e. The number of benzene rings is 3. The Bertz CT molecular complexity index is 2390. The molecule has 18 heteroatoms. The van der Waals surface area contributed by atoms with Crippen molar-refractivity contribution in [2.75, 3.05) is 85.2 Å². The van der Waals surface area contributed by atoms with E-state index in [9.17, 15) is 38.2 Å². The van der Waals surface area contributed by atoms with Gasteiger partial charge in [0.2, 0.25) is 0 Å². The van der Waals surface area contributed by atoms with E-state index in [0.717, 1.165) is 11.4 Å². The SMILES string of the molecule is CCOC(=O)c1c(N2CCN(c3ccc(F)cc3)CC2)[nH]c(=O)c(C(c2c(Cl)cccc2Cl)c2c(O)c(C(=O)OCC)c(N3CCN(c4ccc(F)cc4)CC3)[nH]c2=O)c1O. The number of ether oxygens (including phenoxy) is 2. The van der Waals surface area contributed by atoms with Crippen molar-refractivity contribution in [2.45, 2.75) is 19.8 Å². The monoisotopic (exact) mass is 878 g/mol. The maximum atomic E-state index is 14.5. The Morgan fingerprint density at radius 3 is 1.30 bits per heavy atom. The number of nitrogens with zero attached hydrogens (tertiary/aromatic N) is 4. The average molecular weight is 880 g/mol. The number of nitrogens with one attached hydrogen (secondary N) is 2. The Hall–Kier alpha value is -6.26. The number of halogens is 4. The summed E-state index contributed by atoms with van der Waals surface area (Å²) in [4.78, 5) is 69.5. The van der Waals surface area contributed by atoms with Crippen molar-refractivity contribution in [2.24, 2.45) is 0 Å². The third-order valence-corrected chi connectivity index (χ3v) is 11.5. The van der Waals surface area contributed by atoms with Crippen molar-refractivity contribution in [3.05, 3.63) is 137 Å². The molecule has 4 N–H and O–H groups in total. The van der Waals surface area contributed by atoms with Crippen LogP contribution in [0.3, 0.4) is 0 Å². The number of H-pyrrole nitrogens is 2. The Morgan fingerprint density at radius 1 is 0.607 bits per heavy atom. The van der Waals surface area contributed by atoms with Gasteiger partial charge in [-0.05, 0) is 74.5 Å². The van der Waals surface area contributed by atoms with E-state index in [1.54, 1.807) is 47.9 Å². The first-order valence-corrected chi connectivity index (χ1v) is 20.4. The molecule has 7 rings (SSSR count). The lowest BCUT2D eigenvalue weighted by Gasteiger charge is -2.38. The molecule has 0 atom stereocenters. The van der Waals surface area contributed by atoms with E-state index in [2.05, 4.69) is 9.97 Å². The van der Waals surface area contributed by atoms with Crippen molar-refractivity contribution < 1.29 is 38.1 Å². The van der Waals surface area contributed by atoms with Crippen molar-refractivity contribution in [1.82, 2.24) is 9.97 Å². The average Bonchev–Trinajstić information content (AvgIpc) is 3.24. The second-order valence-electron chi connectivity index (χ2n) is 14.3. The van der Waals surface area contributed by atoms with Gasteiger partial charge in [0.05, 0.1) is 30.3 Å². The smallest absolute Gasteiger partial charge is 0.345 e. The molecular weight excluding hydrogens is 837 g/mol. The first-order valence-electron chi connectivity index (χ1n) is 19.6. The number of hydrogen-bond donors (Lipinski definition) is 4. The molecule has 4 heterocycles. The molecule has 0 unspecified atom stereocenters. The summed E-state index contributed by atoms with van der Waals surface area (Å²) in [5.74, 6) is -6.44. The molecule has 0 amide bonds. The molecular formula is C43H42Cl2F2N6O8. The maximum absolute atomic E-state index is 14.5. The third-order valence-electron chi connectivity index (χ3n) is 10.8. The molecule has 2 fully saturated rings. The molecule has 2 aromatic heterocycles. The molecule has 320 valence electrons. The lowest BCUT2D eigenvalue weighted by molar-refractivity contribution is 0.0513. The van der Waals surface area contributed by atoms with Crippen LogP contribution in [0, 0.1) is 11.6 Å². The van der Waals surface area contributed by atoms with Crippen LogP contribution in [0.15, 0.2) is 76.3 Å². The van der Waals surface area contributed by atoms with Crippen LogP contribution in [0.5, 0.6) is 11.5 Å². The minimum Gasteiger partial charge on any atom is -0.506 e. The molecule has 0 radical (unpaired) electrons. The van der Waals surface area contributed by atoms with Gasteiger partial charge in [0, 0.05) is 79.3 Å². The minimum absolute atomic E-state index is 0.0621. The van der Waals surface area contributed by atoms with Crippen LogP contribution in [-0.2, 0) is 9.47 Å². The summed E-state index contributed by atoms with van der Waals surface area (Å²) < 4.78 is 38.0. The number of carbonyl (C=O) groups excluding carboxylic acids is 2. The Labute approximate surface area is 358 Å². The highest BCUT2D eigenvalue weighted by Gasteiger charge is 2.39. The van der Waals surface area contributed by atoms with Gasteiger partial charge in [-0.25, -0.2) is 18.4 Å². The van der Waals surface area contributed by atoms with Crippen LogP contribution in [0.4, 0.5) is 31.8 Å². The summed E-state index contributed by atoms with van der Waals surface area (Å²) in [5.41, 5.74) is -2.56. The summed E-state index contributed by atoms with van der Waals surface area (Å²) in [6.45, 7) is 5.49. The van der Waals surface area contributed by atoms with Crippen molar-refractivity contribution >= 4 is 58.2 Å². The molecule has 14 nitrogen and oxygen atoms in total. The minimum atomic E-state index is -1.79. The number of anilines is 4. The molecule has 61 heavy (non-hydrogen) atoms. The van der Waals surface area contributed by atoms with E-state index in [1.165, 1.54) is 42.5 Å². The highest BCUT2D eigenvalue weighted by atomic mass is 35.5. The number of esters is 2. The fourth-order valence-electron chi connectivity index (χ4n) is 7.89. The van der Waals surface area contributed by atoms with Crippen LogP contribution in [0.1, 0.15) is 57.2 Å². The zero-order valence-electron chi connectivity index (χ0n) is 33.1. The summed E-state index contributed by atoms with van der Waals surface area (Å²) in [7, 11) is 0. The van der Waals surface area contributed by atoms with Crippen molar-refractivity contribution in [3.8, 4) is 11.5 Å². The van der Waals surface area contributed by atoms with Crippen molar-refractivity contribution in [3.63, 3.8) is 0 Å². The molecule has 2 aliphatic heterocycles. The number of carbonyl (C=O) groups is 2. The van der Waals surface area contributed by atoms with Gasteiger partial charge in [-0.15, -0.1) is 0 Å². The molecule has 5 aromatic rings. The number of aromatic hydroxyl groups is 2. The van der Waals surface area contributed by atoms with Gasteiger partial charge < -0.3 is 49.3 Å². The Kier molecular flexibility index (Phi) is 12.8. The van der Waals surface area contributed by atoms with Gasteiger partial charge in [0.25, 0.3) is 11.1 Å². The number of hydrogen-bond acceptors (Lipinski definition) is 12. The van der Waals surface area contributed by atoms with Gasteiger partial charge >= 0.3 is 11.9 Å². The molecule has 2 saturated heterocycles. The van der Waals surface area contributed by atoms with E-state index >= 15 is 0 Å². The number of rotatable bonds is 11. The lowest BCUT2D eigenvalue weighted by atomic mass is 9.83. The highest BCUT2D eigenvalue weighted by molar-refractivity contribution is 6.36. The number of aromatic nitrogens is 2. The van der Waals surface area contributed by atoms with Crippen LogP contribution >= 0.6 is 23.2 Å². The molecule has 0 bridgehead atoms.